The molecule has 1 aliphatic heterocycles. The number of rotatable bonds is 6. The van der Waals surface area contributed by atoms with Gasteiger partial charge in [0.2, 0.25) is 0 Å². The standard InChI is InChI=1S/C17H20N2O2/c1-2-11-20-15-5-7-16(8-6-15)21-12-14-4-3-13-9-10-18-17(13)19-14/h3-8H,2,9-12H2,1H3,(H,18,19). The summed E-state index contributed by atoms with van der Waals surface area (Å²) >= 11 is 0. The Kier molecular flexibility index (Phi) is 4.24. The van der Waals surface area contributed by atoms with Crippen LogP contribution in [0.4, 0.5) is 5.82 Å². The van der Waals surface area contributed by atoms with Crippen molar-refractivity contribution in [3.8, 4) is 11.5 Å². The lowest BCUT2D eigenvalue weighted by atomic mass is 10.2. The molecule has 0 atom stereocenters. The fraction of sp³-hybridized carbons (Fsp3) is 0.353. The van der Waals surface area contributed by atoms with Crippen LogP contribution in [0.1, 0.15) is 24.6 Å². The van der Waals surface area contributed by atoms with Crippen LogP contribution in [0.5, 0.6) is 11.5 Å². The Morgan fingerprint density at radius 2 is 1.81 bits per heavy atom. The zero-order valence-corrected chi connectivity index (χ0v) is 12.3. The van der Waals surface area contributed by atoms with Gasteiger partial charge in [-0.3, -0.25) is 0 Å². The van der Waals surface area contributed by atoms with Gasteiger partial charge < -0.3 is 14.8 Å². The molecule has 1 aliphatic rings. The number of fused-ring (bicyclic) bond motifs is 1. The molecule has 2 aromatic rings. The Morgan fingerprint density at radius 3 is 2.57 bits per heavy atom. The maximum atomic E-state index is 5.77. The molecule has 1 N–H and O–H groups in total. The Balaban J connectivity index is 1.57. The zero-order chi connectivity index (χ0) is 14.5. The van der Waals surface area contributed by atoms with Crippen LogP contribution >= 0.6 is 0 Å². The van der Waals surface area contributed by atoms with Crippen LogP contribution < -0.4 is 14.8 Å². The second kappa shape index (κ2) is 6.48. The lowest BCUT2D eigenvalue weighted by Crippen LogP contribution is -2.01. The largest absolute Gasteiger partial charge is 0.494 e. The molecule has 0 amide bonds. The molecule has 0 radical (unpaired) electrons. The van der Waals surface area contributed by atoms with Crippen molar-refractivity contribution >= 4 is 5.82 Å². The quantitative estimate of drug-likeness (QED) is 0.882. The number of nitrogens with one attached hydrogen (secondary N) is 1. The highest BCUT2D eigenvalue weighted by Gasteiger charge is 2.11. The molecule has 110 valence electrons. The number of ether oxygens (including phenoxy) is 2. The average molecular weight is 284 g/mol. The minimum absolute atomic E-state index is 0.476. The van der Waals surface area contributed by atoms with Gasteiger partial charge in [0.15, 0.2) is 0 Å². The topological polar surface area (TPSA) is 43.4 Å². The number of pyridine rings is 1. The van der Waals surface area contributed by atoms with Gasteiger partial charge in [-0.05, 0) is 48.7 Å². The number of anilines is 1. The molecule has 0 spiro atoms. The molecule has 4 heteroatoms. The van der Waals surface area contributed by atoms with Crippen molar-refractivity contribution in [1.82, 2.24) is 4.98 Å². The van der Waals surface area contributed by atoms with Gasteiger partial charge in [0, 0.05) is 6.54 Å². The summed E-state index contributed by atoms with van der Waals surface area (Å²) < 4.78 is 11.3. The number of nitrogens with zero attached hydrogens (tertiary/aromatic N) is 1. The van der Waals surface area contributed by atoms with Crippen LogP contribution in [-0.4, -0.2) is 18.1 Å². The Hall–Kier alpha value is -2.23. The van der Waals surface area contributed by atoms with E-state index in [9.17, 15) is 0 Å². The third-order valence-corrected chi connectivity index (χ3v) is 3.41. The summed E-state index contributed by atoms with van der Waals surface area (Å²) in [5.74, 6) is 2.71. The smallest absolute Gasteiger partial charge is 0.130 e. The summed E-state index contributed by atoms with van der Waals surface area (Å²) in [4.78, 5) is 4.57. The molecule has 0 unspecified atom stereocenters. The minimum Gasteiger partial charge on any atom is -0.494 e. The fourth-order valence-electron chi connectivity index (χ4n) is 2.29. The van der Waals surface area contributed by atoms with E-state index in [0.29, 0.717) is 6.61 Å². The molecule has 1 aromatic carbocycles. The molecule has 0 fully saturated rings. The first-order valence-electron chi connectivity index (χ1n) is 7.43. The highest BCUT2D eigenvalue weighted by Crippen LogP contribution is 2.21. The summed E-state index contributed by atoms with van der Waals surface area (Å²) in [5, 5.41) is 3.28. The second-order valence-corrected chi connectivity index (χ2v) is 5.10. The van der Waals surface area contributed by atoms with Crippen LogP contribution in [0.25, 0.3) is 0 Å². The molecular weight excluding hydrogens is 264 g/mol. The predicted octanol–water partition coefficient (Wildman–Crippen LogP) is 3.42. The number of benzene rings is 1. The molecule has 0 saturated carbocycles. The van der Waals surface area contributed by atoms with E-state index >= 15 is 0 Å². The third-order valence-electron chi connectivity index (χ3n) is 3.41. The van der Waals surface area contributed by atoms with Gasteiger partial charge >= 0.3 is 0 Å². The van der Waals surface area contributed by atoms with E-state index in [0.717, 1.165) is 49.0 Å². The average Bonchev–Trinajstić information content (AvgIpc) is 2.99. The molecule has 2 heterocycles. The molecule has 21 heavy (non-hydrogen) atoms. The molecule has 0 bridgehead atoms. The maximum Gasteiger partial charge on any atom is 0.130 e. The molecule has 4 nitrogen and oxygen atoms in total. The Morgan fingerprint density at radius 1 is 1.05 bits per heavy atom. The van der Waals surface area contributed by atoms with Gasteiger partial charge in [-0.15, -0.1) is 0 Å². The SMILES string of the molecule is CCCOc1ccc(OCc2ccc3c(n2)NCC3)cc1. The van der Waals surface area contributed by atoms with E-state index < -0.39 is 0 Å². The normalized spacial score (nSPS) is 12.6. The first-order valence-corrected chi connectivity index (χ1v) is 7.43. The molecule has 3 rings (SSSR count). The monoisotopic (exact) mass is 284 g/mol. The van der Waals surface area contributed by atoms with Crippen LogP contribution in [0, 0.1) is 0 Å². The van der Waals surface area contributed by atoms with E-state index in [1.165, 1.54) is 5.56 Å². The number of hydrogen-bond donors (Lipinski definition) is 1. The Labute approximate surface area is 125 Å². The summed E-state index contributed by atoms with van der Waals surface area (Å²) in [6, 6.07) is 11.9. The summed E-state index contributed by atoms with van der Waals surface area (Å²) in [5.41, 5.74) is 2.23. The van der Waals surface area contributed by atoms with Crippen molar-refractivity contribution in [2.24, 2.45) is 0 Å². The van der Waals surface area contributed by atoms with Crippen LogP contribution in [0.3, 0.4) is 0 Å². The third kappa shape index (κ3) is 3.45. The van der Waals surface area contributed by atoms with Crippen molar-refractivity contribution in [3.63, 3.8) is 0 Å². The van der Waals surface area contributed by atoms with E-state index in [-0.39, 0.29) is 0 Å². The van der Waals surface area contributed by atoms with Gasteiger partial charge in [-0.1, -0.05) is 13.0 Å². The zero-order valence-electron chi connectivity index (χ0n) is 12.3. The summed E-state index contributed by atoms with van der Waals surface area (Å²) in [6.45, 7) is 4.29. The van der Waals surface area contributed by atoms with Gasteiger partial charge in [-0.2, -0.15) is 0 Å². The fourth-order valence-corrected chi connectivity index (χ4v) is 2.29. The molecule has 1 aromatic heterocycles. The highest BCUT2D eigenvalue weighted by atomic mass is 16.5. The number of hydrogen-bond acceptors (Lipinski definition) is 4. The second-order valence-electron chi connectivity index (χ2n) is 5.10. The molecule has 0 aliphatic carbocycles. The molecule has 0 saturated heterocycles. The minimum atomic E-state index is 0.476. The molecular formula is C17H20N2O2. The van der Waals surface area contributed by atoms with E-state index in [1.54, 1.807) is 0 Å². The van der Waals surface area contributed by atoms with Gasteiger partial charge in [-0.25, -0.2) is 4.98 Å². The van der Waals surface area contributed by atoms with Crippen molar-refractivity contribution in [1.29, 1.82) is 0 Å². The van der Waals surface area contributed by atoms with E-state index in [1.807, 2.05) is 30.3 Å². The maximum absolute atomic E-state index is 5.77. The van der Waals surface area contributed by atoms with Gasteiger partial charge in [0.05, 0.1) is 12.3 Å². The van der Waals surface area contributed by atoms with Gasteiger partial charge in [0.1, 0.15) is 23.9 Å². The van der Waals surface area contributed by atoms with E-state index in [2.05, 4.69) is 23.3 Å². The first-order chi connectivity index (χ1) is 10.3. The van der Waals surface area contributed by atoms with Crippen LogP contribution in [0.2, 0.25) is 0 Å². The van der Waals surface area contributed by atoms with Gasteiger partial charge in [0.25, 0.3) is 0 Å². The lowest BCUT2D eigenvalue weighted by molar-refractivity contribution is 0.297. The van der Waals surface area contributed by atoms with E-state index in [4.69, 9.17) is 9.47 Å². The van der Waals surface area contributed by atoms with Crippen molar-refractivity contribution in [3.05, 3.63) is 47.7 Å². The van der Waals surface area contributed by atoms with Crippen LogP contribution in [0.15, 0.2) is 36.4 Å². The Bertz CT molecular complexity index is 596. The first kappa shape index (κ1) is 13.7. The predicted molar refractivity (Wildman–Crippen MR) is 83.0 cm³/mol. The number of aromatic nitrogens is 1. The van der Waals surface area contributed by atoms with Crippen LogP contribution in [-0.2, 0) is 13.0 Å². The highest BCUT2D eigenvalue weighted by molar-refractivity contribution is 5.49. The van der Waals surface area contributed by atoms with Crippen molar-refractivity contribution in [2.75, 3.05) is 18.5 Å². The summed E-state index contributed by atoms with van der Waals surface area (Å²) in [6.07, 6.45) is 2.07. The van der Waals surface area contributed by atoms with Crippen molar-refractivity contribution < 1.29 is 9.47 Å². The van der Waals surface area contributed by atoms with Crippen molar-refractivity contribution in [2.45, 2.75) is 26.4 Å². The summed E-state index contributed by atoms with van der Waals surface area (Å²) in [7, 11) is 0. The lowest BCUT2D eigenvalue weighted by Gasteiger charge is -2.09.